The van der Waals surface area contributed by atoms with E-state index in [0.29, 0.717) is 0 Å². The Morgan fingerprint density at radius 3 is 2.21 bits per heavy atom. The third-order valence-corrected chi connectivity index (χ3v) is 12.6. The van der Waals surface area contributed by atoms with Crippen molar-refractivity contribution in [1.82, 2.24) is 4.72 Å². The molecule has 1 N–H and O–H groups in total. The molecule has 4 rings (SSSR count). The fourth-order valence-corrected chi connectivity index (χ4v) is 10.7. The van der Waals surface area contributed by atoms with Gasteiger partial charge in [0.05, 0.1) is 11.8 Å². The molecule has 39 heavy (non-hydrogen) atoms. The Kier molecular flexibility index (Phi) is 7.05. The number of hydrogen-bond donors (Lipinski definition) is 1. The molecule has 0 aromatic carbocycles. The van der Waals surface area contributed by atoms with E-state index in [1.807, 2.05) is 19.9 Å². The van der Waals surface area contributed by atoms with Gasteiger partial charge in [0, 0.05) is 16.4 Å². The van der Waals surface area contributed by atoms with Crippen molar-refractivity contribution in [3.05, 3.63) is 23.3 Å². The van der Waals surface area contributed by atoms with Crippen molar-refractivity contribution in [3.8, 4) is 6.07 Å². The standard InChI is InChI=1S/C32H48N2O4S/c1-21(35)16-25-30(7)17-22(20-33)26(36)28(4,5)24(30)10-11-31(25,8)29(6)13-15-32(34-39(9,37)38)14-12-27(2,3)18-23(32)19-29/h16-17,23-24,34H,10-15,18-19H2,1-9H3/b25-16-/t23?,24-,29+,30-,31+,32-/m0/s1. The van der Waals surface area contributed by atoms with Gasteiger partial charge in [-0.2, -0.15) is 5.26 Å². The van der Waals surface area contributed by atoms with Crippen LogP contribution in [0, 0.1) is 50.2 Å². The van der Waals surface area contributed by atoms with Gasteiger partial charge in [0.2, 0.25) is 10.0 Å². The molecule has 0 aromatic rings. The number of fused-ring (bicyclic) bond motifs is 2. The smallest absolute Gasteiger partial charge is 0.209 e. The molecule has 4 aliphatic rings. The summed E-state index contributed by atoms with van der Waals surface area (Å²) in [4.78, 5) is 26.1. The van der Waals surface area contributed by atoms with Crippen LogP contribution in [0.4, 0.5) is 0 Å². The number of rotatable bonds is 4. The molecule has 0 bridgehead atoms. The lowest BCUT2D eigenvalue weighted by molar-refractivity contribution is -0.133. The minimum atomic E-state index is -3.37. The van der Waals surface area contributed by atoms with Crippen LogP contribution in [0.2, 0.25) is 0 Å². The summed E-state index contributed by atoms with van der Waals surface area (Å²) in [5.74, 6) is 0.0412. The molecule has 0 aromatic heterocycles. The Morgan fingerprint density at radius 1 is 1.03 bits per heavy atom. The van der Waals surface area contributed by atoms with Crippen LogP contribution < -0.4 is 4.72 Å². The first kappa shape index (κ1) is 30.2. The highest BCUT2D eigenvalue weighted by Crippen LogP contribution is 2.70. The van der Waals surface area contributed by atoms with Gasteiger partial charge in [0.1, 0.15) is 6.07 Å². The number of ketones is 2. The maximum absolute atomic E-state index is 13.3. The van der Waals surface area contributed by atoms with Crippen molar-refractivity contribution in [2.24, 2.45) is 38.9 Å². The van der Waals surface area contributed by atoms with Gasteiger partial charge in [-0.1, -0.05) is 60.1 Å². The summed E-state index contributed by atoms with van der Waals surface area (Å²) in [6, 6.07) is 2.16. The number of hydrogen-bond acceptors (Lipinski definition) is 5. The second-order valence-electron chi connectivity index (χ2n) is 15.5. The number of Topliss-reactive ketones (excluding diaryl/α,β-unsaturated/α-hetero) is 1. The van der Waals surface area contributed by atoms with E-state index in [4.69, 9.17) is 0 Å². The molecule has 3 fully saturated rings. The molecule has 1 unspecified atom stereocenters. The summed E-state index contributed by atoms with van der Waals surface area (Å²) in [5, 5.41) is 9.91. The molecule has 3 saturated carbocycles. The molecule has 0 radical (unpaired) electrons. The maximum Gasteiger partial charge on any atom is 0.209 e. The summed E-state index contributed by atoms with van der Waals surface area (Å²) in [6.45, 7) is 16.8. The lowest BCUT2D eigenvalue weighted by atomic mass is 9.39. The maximum atomic E-state index is 13.3. The first-order chi connectivity index (χ1) is 17.6. The van der Waals surface area contributed by atoms with E-state index in [2.05, 4.69) is 45.4 Å². The zero-order valence-corrected chi connectivity index (χ0v) is 26.3. The molecule has 0 saturated heterocycles. The van der Waals surface area contributed by atoms with E-state index < -0.39 is 26.4 Å². The van der Waals surface area contributed by atoms with Gasteiger partial charge in [-0.05, 0) is 92.4 Å². The van der Waals surface area contributed by atoms with Crippen molar-refractivity contribution in [3.63, 3.8) is 0 Å². The van der Waals surface area contributed by atoms with Crippen LogP contribution >= 0.6 is 0 Å². The summed E-state index contributed by atoms with van der Waals surface area (Å²) in [7, 11) is -3.37. The highest BCUT2D eigenvalue weighted by Gasteiger charge is 2.64. The molecule has 4 aliphatic carbocycles. The van der Waals surface area contributed by atoms with Crippen molar-refractivity contribution >= 4 is 21.6 Å². The fraction of sp³-hybridized carbons (Fsp3) is 0.781. The van der Waals surface area contributed by atoms with E-state index in [-0.39, 0.29) is 45.2 Å². The molecule has 7 heteroatoms. The largest absolute Gasteiger partial charge is 0.295 e. The minimum Gasteiger partial charge on any atom is -0.295 e. The average Bonchev–Trinajstić information content (AvgIpc) is 2.78. The van der Waals surface area contributed by atoms with Crippen molar-refractivity contribution in [2.45, 2.75) is 112 Å². The van der Waals surface area contributed by atoms with Crippen LogP contribution in [0.25, 0.3) is 0 Å². The molecule has 6 nitrogen and oxygen atoms in total. The summed E-state index contributed by atoms with van der Waals surface area (Å²) in [6.07, 6.45) is 11.9. The second-order valence-corrected chi connectivity index (χ2v) is 17.2. The number of carbonyl (C=O) groups excluding carboxylic acids is 2. The minimum absolute atomic E-state index is 0.0138. The molecule has 0 spiro atoms. The predicted molar refractivity (Wildman–Crippen MR) is 154 cm³/mol. The van der Waals surface area contributed by atoms with Crippen molar-refractivity contribution in [2.75, 3.05) is 6.26 Å². The normalized spacial score (nSPS) is 42.6. The van der Waals surface area contributed by atoms with Crippen LogP contribution in [-0.2, 0) is 19.6 Å². The number of allylic oxidation sites excluding steroid dienone is 4. The zero-order valence-electron chi connectivity index (χ0n) is 25.5. The highest BCUT2D eigenvalue weighted by molar-refractivity contribution is 7.88. The number of nitrogens with one attached hydrogen (secondary N) is 1. The van der Waals surface area contributed by atoms with E-state index >= 15 is 0 Å². The Hall–Kier alpha value is -1.78. The van der Waals surface area contributed by atoms with E-state index in [1.165, 1.54) is 6.26 Å². The molecule has 216 valence electrons. The van der Waals surface area contributed by atoms with E-state index in [9.17, 15) is 23.3 Å². The topological polar surface area (TPSA) is 104 Å². The highest BCUT2D eigenvalue weighted by atomic mass is 32.2. The van der Waals surface area contributed by atoms with Gasteiger partial charge in [0.15, 0.2) is 11.6 Å². The summed E-state index contributed by atoms with van der Waals surface area (Å²) < 4.78 is 28.2. The summed E-state index contributed by atoms with van der Waals surface area (Å²) in [5.41, 5.74) is -0.920. The van der Waals surface area contributed by atoms with Gasteiger partial charge in [-0.25, -0.2) is 13.1 Å². The first-order valence-corrected chi connectivity index (χ1v) is 16.4. The van der Waals surface area contributed by atoms with Gasteiger partial charge >= 0.3 is 0 Å². The van der Waals surface area contributed by atoms with Crippen molar-refractivity contribution < 1.29 is 18.0 Å². The van der Waals surface area contributed by atoms with Crippen LogP contribution in [0.5, 0.6) is 0 Å². The molecule has 0 amide bonds. The third-order valence-electron chi connectivity index (χ3n) is 11.8. The third kappa shape index (κ3) is 4.78. The lowest BCUT2D eigenvalue weighted by Crippen LogP contribution is -2.63. The Morgan fingerprint density at radius 2 is 1.64 bits per heavy atom. The SMILES string of the molecule is CC(=O)/C=C1/[C@@]2(C)C=C(C#N)C(=O)C(C)(C)[C@@H]2CC[C@@]1(C)[C@]1(C)CC[C@@]2(NS(C)(=O)=O)CCC(C)(C)CC2C1. The fourth-order valence-electron chi connectivity index (χ4n) is 9.56. The van der Waals surface area contributed by atoms with Crippen molar-refractivity contribution in [1.29, 1.82) is 5.26 Å². The van der Waals surface area contributed by atoms with Crippen LogP contribution in [0.15, 0.2) is 23.3 Å². The van der Waals surface area contributed by atoms with Gasteiger partial charge in [0.25, 0.3) is 0 Å². The van der Waals surface area contributed by atoms with Crippen LogP contribution in [-0.4, -0.2) is 31.8 Å². The Labute approximate surface area is 236 Å². The number of sulfonamides is 1. The van der Waals surface area contributed by atoms with Crippen LogP contribution in [0.1, 0.15) is 107 Å². The second kappa shape index (κ2) is 9.11. The number of carbonyl (C=O) groups is 2. The van der Waals surface area contributed by atoms with Crippen LogP contribution in [0.3, 0.4) is 0 Å². The Bertz CT molecular complexity index is 1300. The molecule has 6 atom stereocenters. The molecule has 0 aliphatic heterocycles. The quantitative estimate of drug-likeness (QED) is 0.410. The van der Waals surface area contributed by atoms with Gasteiger partial charge < -0.3 is 0 Å². The lowest BCUT2D eigenvalue weighted by Gasteiger charge is -2.65. The Balaban J connectivity index is 1.85. The van der Waals surface area contributed by atoms with Gasteiger partial charge in [-0.3, -0.25) is 9.59 Å². The van der Waals surface area contributed by atoms with E-state index in [0.717, 1.165) is 56.9 Å². The predicted octanol–water partition coefficient (Wildman–Crippen LogP) is 6.29. The molecular formula is C32H48N2O4S. The average molecular weight is 557 g/mol. The molecular weight excluding hydrogens is 508 g/mol. The first-order valence-electron chi connectivity index (χ1n) is 14.5. The number of nitriles is 1. The monoisotopic (exact) mass is 556 g/mol. The zero-order chi connectivity index (χ0) is 29.4. The van der Waals surface area contributed by atoms with E-state index in [1.54, 1.807) is 13.0 Å². The molecule has 0 heterocycles. The number of nitrogens with zero attached hydrogens (tertiary/aromatic N) is 1. The van der Waals surface area contributed by atoms with Gasteiger partial charge in [-0.15, -0.1) is 0 Å². The summed E-state index contributed by atoms with van der Waals surface area (Å²) >= 11 is 0.